The van der Waals surface area contributed by atoms with Gasteiger partial charge in [-0.15, -0.1) is 0 Å². The van der Waals surface area contributed by atoms with Crippen molar-refractivity contribution in [3.8, 4) is 0 Å². The molecule has 25 heavy (non-hydrogen) atoms. The summed E-state index contributed by atoms with van der Waals surface area (Å²) in [6.07, 6.45) is 1.46. The number of nitrogens with one attached hydrogen (secondary N) is 1. The Bertz CT molecular complexity index is 935. The number of rotatable bonds is 4. The van der Waals surface area contributed by atoms with Crippen LogP contribution in [-0.4, -0.2) is 36.4 Å². The first-order valence-electron chi connectivity index (χ1n) is 7.99. The number of carbonyl (C=O) groups excluding carboxylic acids is 1. The van der Waals surface area contributed by atoms with Crippen LogP contribution < -0.4 is 4.72 Å². The average Bonchev–Trinajstić information content (AvgIpc) is 2.96. The molecule has 1 aliphatic heterocycles. The topological polar surface area (TPSA) is 71.4 Å². The van der Waals surface area contributed by atoms with E-state index in [2.05, 4.69) is 4.72 Å². The molecule has 2 heterocycles. The van der Waals surface area contributed by atoms with Crippen LogP contribution in [-0.2, 0) is 16.6 Å². The average molecular weight is 365 g/mol. The van der Waals surface area contributed by atoms with Gasteiger partial charge in [-0.25, -0.2) is 12.8 Å². The molecule has 0 saturated carbocycles. The van der Waals surface area contributed by atoms with Crippen LogP contribution in [0.5, 0.6) is 0 Å². The summed E-state index contributed by atoms with van der Waals surface area (Å²) in [5.41, 5.74) is 1.14. The Balaban J connectivity index is 1.92. The van der Waals surface area contributed by atoms with Crippen molar-refractivity contribution in [1.82, 2.24) is 9.47 Å². The van der Waals surface area contributed by atoms with Gasteiger partial charge in [0.15, 0.2) is 0 Å². The van der Waals surface area contributed by atoms with E-state index < -0.39 is 15.8 Å². The fourth-order valence-corrected chi connectivity index (χ4v) is 4.07. The summed E-state index contributed by atoms with van der Waals surface area (Å²) in [7, 11) is -3.87. The van der Waals surface area contributed by atoms with Gasteiger partial charge in [0.1, 0.15) is 16.4 Å². The van der Waals surface area contributed by atoms with Gasteiger partial charge >= 0.3 is 0 Å². The number of fused-ring (bicyclic) bond motifs is 1. The number of halogens is 1. The van der Waals surface area contributed by atoms with Gasteiger partial charge in [-0.2, -0.15) is 0 Å². The maximum atomic E-state index is 13.2. The van der Waals surface area contributed by atoms with E-state index in [1.165, 1.54) is 30.5 Å². The first-order chi connectivity index (χ1) is 11.7. The first kappa shape index (κ1) is 17.5. The molecule has 0 atom stereocenters. The SMILES string of the molecule is Cc1cc(F)ccc1NS(=O)(=O)c1cc2n(c1)CCN(C(C)C)C2=O. The summed E-state index contributed by atoms with van der Waals surface area (Å²) >= 11 is 0. The number of sulfonamides is 1. The van der Waals surface area contributed by atoms with Crippen molar-refractivity contribution >= 4 is 21.6 Å². The Morgan fingerprint density at radius 1 is 1.20 bits per heavy atom. The number of benzene rings is 1. The fraction of sp³-hybridized carbons (Fsp3) is 0.353. The van der Waals surface area contributed by atoms with Crippen LogP contribution >= 0.6 is 0 Å². The number of carbonyl (C=O) groups is 1. The van der Waals surface area contributed by atoms with Gasteiger partial charge in [-0.3, -0.25) is 9.52 Å². The number of aromatic nitrogens is 1. The summed E-state index contributed by atoms with van der Waals surface area (Å²) in [6.45, 7) is 6.56. The lowest BCUT2D eigenvalue weighted by molar-refractivity contribution is 0.0649. The Morgan fingerprint density at radius 3 is 2.56 bits per heavy atom. The van der Waals surface area contributed by atoms with Gasteiger partial charge in [0.25, 0.3) is 15.9 Å². The summed E-state index contributed by atoms with van der Waals surface area (Å²) in [4.78, 5) is 14.2. The van der Waals surface area contributed by atoms with Gasteiger partial charge in [-0.1, -0.05) is 0 Å². The molecular weight excluding hydrogens is 345 g/mol. The number of hydrogen-bond acceptors (Lipinski definition) is 3. The van der Waals surface area contributed by atoms with E-state index >= 15 is 0 Å². The van der Waals surface area contributed by atoms with Crippen LogP contribution in [0.1, 0.15) is 29.9 Å². The Morgan fingerprint density at radius 2 is 1.92 bits per heavy atom. The molecule has 6 nitrogen and oxygen atoms in total. The van der Waals surface area contributed by atoms with E-state index in [-0.39, 0.29) is 16.8 Å². The highest BCUT2D eigenvalue weighted by molar-refractivity contribution is 7.92. The Kier molecular flexibility index (Phi) is 4.32. The third kappa shape index (κ3) is 3.26. The number of anilines is 1. The molecule has 0 bridgehead atoms. The predicted octanol–water partition coefficient (Wildman–Crippen LogP) is 2.60. The van der Waals surface area contributed by atoms with E-state index in [0.29, 0.717) is 30.0 Å². The molecular formula is C17H20FN3O3S. The van der Waals surface area contributed by atoms with Gasteiger partial charge in [-0.05, 0) is 50.6 Å². The predicted molar refractivity (Wildman–Crippen MR) is 92.6 cm³/mol. The van der Waals surface area contributed by atoms with Gasteiger partial charge in [0.2, 0.25) is 0 Å². The number of amides is 1. The zero-order valence-electron chi connectivity index (χ0n) is 14.3. The van der Waals surface area contributed by atoms with E-state index in [1.807, 2.05) is 13.8 Å². The summed E-state index contributed by atoms with van der Waals surface area (Å²) < 4.78 is 42.6. The molecule has 1 aromatic heterocycles. The number of hydrogen-bond donors (Lipinski definition) is 1. The van der Waals surface area contributed by atoms with Crippen molar-refractivity contribution in [3.05, 3.63) is 47.5 Å². The lowest BCUT2D eigenvalue weighted by atomic mass is 10.2. The molecule has 0 unspecified atom stereocenters. The second-order valence-corrected chi connectivity index (χ2v) is 8.09. The molecule has 134 valence electrons. The van der Waals surface area contributed by atoms with Crippen molar-refractivity contribution in [2.45, 2.75) is 38.3 Å². The maximum Gasteiger partial charge on any atom is 0.270 e. The largest absolute Gasteiger partial charge is 0.340 e. The van der Waals surface area contributed by atoms with Crippen LogP contribution in [0.25, 0.3) is 0 Å². The van der Waals surface area contributed by atoms with Crippen molar-refractivity contribution in [3.63, 3.8) is 0 Å². The molecule has 0 radical (unpaired) electrons. The molecule has 0 saturated heterocycles. The second kappa shape index (κ2) is 6.18. The highest BCUT2D eigenvalue weighted by atomic mass is 32.2. The minimum Gasteiger partial charge on any atom is -0.340 e. The summed E-state index contributed by atoms with van der Waals surface area (Å²) in [6, 6.07) is 5.27. The highest BCUT2D eigenvalue weighted by Crippen LogP contribution is 2.24. The lowest BCUT2D eigenvalue weighted by Crippen LogP contribution is -2.43. The molecule has 1 aliphatic rings. The van der Waals surface area contributed by atoms with E-state index in [1.54, 1.807) is 16.4 Å². The Labute approximate surface area is 146 Å². The monoisotopic (exact) mass is 365 g/mol. The van der Waals surface area contributed by atoms with Crippen LogP contribution in [0.4, 0.5) is 10.1 Å². The molecule has 8 heteroatoms. The van der Waals surface area contributed by atoms with E-state index in [0.717, 1.165) is 0 Å². The first-order valence-corrected chi connectivity index (χ1v) is 9.47. The number of nitrogens with zero attached hydrogens (tertiary/aromatic N) is 2. The molecule has 3 rings (SSSR count). The van der Waals surface area contributed by atoms with Crippen molar-refractivity contribution in [2.75, 3.05) is 11.3 Å². The fourth-order valence-electron chi connectivity index (χ4n) is 2.90. The molecule has 0 aliphatic carbocycles. The van der Waals surface area contributed by atoms with Crippen LogP contribution in [0, 0.1) is 12.7 Å². The molecule has 1 N–H and O–H groups in total. The van der Waals surface area contributed by atoms with Crippen LogP contribution in [0.3, 0.4) is 0 Å². The third-order valence-corrected chi connectivity index (χ3v) is 5.63. The minimum atomic E-state index is -3.87. The molecule has 1 aromatic carbocycles. The lowest BCUT2D eigenvalue weighted by Gasteiger charge is -2.31. The minimum absolute atomic E-state index is 0.0187. The second-order valence-electron chi connectivity index (χ2n) is 6.41. The molecule has 0 spiro atoms. The quantitative estimate of drug-likeness (QED) is 0.905. The third-order valence-electron chi connectivity index (χ3n) is 4.30. The van der Waals surface area contributed by atoms with Crippen molar-refractivity contribution in [2.24, 2.45) is 0 Å². The maximum absolute atomic E-state index is 13.2. The van der Waals surface area contributed by atoms with Crippen LogP contribution in [0.15, 0.2) is 35.4 Å². The van der Waals surface area contributed by atoms with Gasteiger partial charge in [0, 0.05) is 25.3 Å². The van der Waals surface area contributed by atoms with Crippen molar-refractivity contribution < 1.29 is 17.6 Å². The zero-order chi connectivity index (χ0) is 18.4. The number of aryl methyl sites for hydroxylation is 1. The molecule has 1 amide bonds. The zero-order valence-corrected chi connectivity index (χ0v) is 15.1. The van der Waals surface area contributed by atoms with Gasteiger partial charge < -0.3 is 9.47 Å². The van der Waals surface area contributed by atoms with E-state index in [4.69, 9.17) is 0 Å². The molecule has 0 fully saturated rings. The highest BCUT2D eigenvalue weighted by Gasteiger charge is 2.29. The van der Waals surface area contributed by atoms with Gasteiger partial charge in [0.05, 0.1) is 5.69 Å². The van der Waals surface area contributed by atoms with E-state index in [9.17, 15) is 17.6 Å². The standard InChI is InChI=1S/C17H20FN3O3S/c1-11(2)21-7-6-20-10-14(9-16(20)17(21)22)25(23,24)19-15-5-4-13(18)8-12(15)3/h4-5,8-11,19H,6-7H2,1-3H3. The summed E-state index contributed by atoms with van der Waals surface area (Å²) in [5.74, 6) is -0.611. The smallest absolute Gasteiger partial charge is 0.270 e. The Hall–Kier alpha value is -2.35. The van der Waals surface area contributed by atoms with Crippen molar-refractivity contribution in [1.29, 1.82) is 0 Å². The summed E-state index contributed by atoms with van der Waals surface area (Å²) in [5, 5.41) is 0. The van der Waals surface area contributed by atoms with Crippen LogP contribution in [0.2, 0.25) is 0 Å². The normalized spacial score (nSPS) is 14.8. The molecule has 2 aromatic rings.